The lowest BCUT2D eigenvalue weighted by Crippen LogP contribution is -2.46. The van der Waals surface area contributed by atoms with Crippen LogP contribution < -0.4 is 5.73 Å². The number of nitrogens with two attached hydrogens (primary N) is 1. The Morgan fingerprint density at radius 2 is 1.88 bits per heavy atom. The lowest BCUT2D eigenvalue weighted by atomic mass is 9.90. The molecule has 0 spiro atoms. The normalized spacial score (nSPS) is 20.5. The summed E-state index contributed by atoms with van der Waals surface area (Å²) in [6.45, 7) is 5.95. The van der Waals surface area contributed by atoms with Crippen LogP contribution in [0.25, 0.3) is 0 Å². The van der Waals surface area contributed by atoms with Crippen LogP contribution in [0.15, 0.2) is 0 Å². The summed E-state index contributed by atoms with van der Waals surface area (Å²) in [6, 6.07) is 0.563. The van der Waals surface area contributed by atoms with Crippen molar-refractivity contribution in [1.82, 2.24) is 4.90 Å². The average Bonchev–Trinajstić information content (AvgIpc) is 2.63. The van der Waals surface area contributed by atoms with Gasteiger partial charge in [-0.25, -0.2) is 0 Å². The maximum absolute atomic E-state index is 6.02. The minimum atomic E-state index is 0.563. The molecule has 1 rings (SSSR count). The molecule has 2 N–H and O–H groups in total. The summed E-state index contributed by atoms with van der Waals surface area (Å²) in [6.07, 6.45) is 8.35. The third-order valence-corrected chi connectivity index (χ3v) is 4.14. The van der Waals surface area contributed by atoms with E-state index < -0.39 is 0 Å². The number of methoxy groups -OCH3 is 1. The minimum Gasteiger partial charge on any atom is -0.383 e. The lowest BCUT2D eigenvalue weighted by molar-refractivity contribution is 0.0955. The molecule has 0 radical (unpaired) electrons. The molecule has 0 bridgehead atoms. The summed E-state index contributed by atoms with van der Waals surface area (Å²) in [4.78, 5) is 2.51. The largest absolute Gasteiger partial charge is 0.383 e. The molecule has 0 aromatic heterocycles. The van der Waals surface area contributed by atoms with Crippen LogP contribution in [0, 0.1) is 5.92 Å². The lowest BCUT2D eigenvalue weighted by Gasteiger charge is -2.35. The van der Waals surface area contributed by atoms with Gasteiger partial charge in [-0.3, -0.25) is 4.90 Å². The maximum atomic E-state index is 6.02. The van der Waals surface area contributed by atoms with E-state index in [0.717, 1.165) is 32.2 Å². The first-order valence-electron chi connectivity index (χ1n) is 7.26. The van der Waals surface area contributed by atoms with Gasteiger partial charge in [0.05, 0.1) is 6.61 Å². The molecule has 3 nitrogen and oxygen atoms in total. The fourth-order valence-corrected chi connectivity index (χ4v) is 3.10. The van der Waals surface area contributed by atoms with Crippen molar-refractivity contribution in [3.05, 3.63) is 0 Å². The summed E-state index contributed by atoms with van der Waals surface area (Å²) in [5.74, 6) is 0.805. The summed E-state index contributed by atoms with van der Waals surface area (Å²) in [5.41, 5.74) is 6.02. The predicted molar refractivity (Wildman–Crippen MR) is 73.2 cm³/mol. The van der Waals surface area contributed by atoms with E-state index in [1.54, 1.807) is 7.11 Å². The van der Waals surface area contributed by atoms with Crippen molar-refractivity contribution >= 4 is 0 Å². The van der Waals surface area contributed by atoms with E-state index >= 15 is 0 Å². The van der Waals surface area contributed by atoms with Gasteiger partial charge in [-0.1, -0.05) is 32.6 Å². The molecule has 0 amide bonds. The first kappa shape index (κ1) is 14.9. The quantitative estimate of drug-likeness (QED) is 0.696. The van der Waals surface area contributed by atoms with Crippen LogP contribution in [0.3, 0.4) is 0 Å². The fraction of sp³-hybridized carbons (Fsp3) is 1.00. The Balaban J connectivity index is 2.52. The molecule has 0 aromatic carbocycles. The van der Waals surface area contributed by atoms with Gasteiger partial charge in [0.1, 0.15) is 0 Å². The highest BCUT2D eigenvalue weighted by Crippen LogP contribution is 2.27. The number of rotatable bonds is 7. The van der Waals surface area contributed by atoms with E-state index in [1.807, 2.05) is 0 Å². The van der Waals surface area contributed by atoms with Crippen LogP contribution in [-0.4, -0.2) is 44.3 Å². The smallest absolute Gasteiger partial charge is 0.0589 e. The fourth-order valence-electron chi connectivity index (χ4n) is 3.10. The van der Waals surface area contributed by atoms with Gasteiger partial charge >= 0.3 is 0 Å². The highest BCUT2D eigenvalue weighted by molar-refractivity contribution is 4.81. The van der Waals surface area contributed by atoms with E-state index in [1.165, 1.54) is 38.5 Å². The SMILES string of the molecule is CCN(CCOC)C(CN)C1CCCCCC1. The molecule has 0 aromatic rings. The van der Waals surface area contributed by atoms with Crippen LogP contribution in [-0.2, 0) is 4.74 Å². The topological polar surface area (TPSA) is 38.5 Å². The Kier molecular flexibility index (Phi) is 7.82. The van der Waals surface area contributed by atoms with Crippen LogP contribution in [0.5, 0.6) is 0 Å². The molecule has 3 heteroatoms. The molecule has 0 heterocycles. The standard InChI is InChI=1S/C14H30N2O/c1-3-16(10-11-17-2)14(12-15)13-8-6-4-5-7-9-13/h13-14H,3-12,15H2,1-2H3. The van der Waals surface area contributed by atoms with Gasteiger partial charge in [0.2, 0.25) is 0 Å². The van der Waals surface area contributed by atoms with Crippen molar-refractivity contribution in [1.29, 1.82) is 0 Å². The molecule has 102 valence electrons. The van der Waals surface area contributed by atoms with Crippen molar-refractivity contribution in [3.63, 3.8) is 0 Å². The first-order valence-corrected chi connectivity index (χ1v) is 7.26. The zero-order valence-electron chi connectivity index (χ0n) is 11.7. The second-order valence-electron chi connectivity index (χ2n) is 5.18. The molecule has 1 unspecified atom stereocenters. The molecular formula is C14H30N2O. The van der Waals surface area contributed by atoms with E-state index in [9.17, 15) is 0 Å². The number of likely N-dealkylation sites (N-methyl/N-ethyl adjacent to an activating group) is 1. The summed E-state index contributed by atoms with van der Waals surface area (Å²) in [7, 11) is 1.77. The summed E-state index contributed by atoms with van der Waals surface area (Å²) < 4.78 is 5.20. The van der Waals surface area contributed by atoms with E-state index in [0.29, 0.717) is 6.04 Å². The van der Waals surface area contributed by atoms with Crippen molar-refractivity contribution in [2.24, 2.45) is 11.7 Å². The van der Waals surface area contributed by atoms with Gasteiger partial charge in [0.15, 0.2) is 0 Å². The van der Waals surface area contributed by atoms with E-state index in [4.69, 9.17) is 10.5 Å². The van der Waals surface area contributed by atoms with Gasteiger partial charge in [0, 0.05) is 26.2 Å². The Bertz CT molecular complexity index is 179. The molecular weight excluding hydrogens is 212 g/mol. The van der Waals surface area contributed by atoms with Gasteiger partial charge < -0.3 is 10.5 Å². The summed E-state index contributed by atoms with van der Waals surface area (Å²) >= 11 is 0. The van der Waals surface area contributed by atoms with Gasteiger partial charge in [-0.15, -0.1) is 0 Å². The Labute approximate surface area is 107 Å². The Hall–Kier alpha value is -0.120. The van der Waals surface area contributed by atoms with Crippen molar-refractivity contribution in [2.45, 2.75) is 51.5 Å². The minimum absolute atomic E-state index is 0.563. The molecule has 1 aliphatic rings. The third-order valence-electron chi connectivity index (χ3n) is 4.14. The monoisotopic (exact) mass is 242 g/mol. The van der Waals surface area contributed by atoms with Gasteiger partial charge in [-0.2, -0.15) is 0 Å². The average molecular weight is 242 g/mol. The van der Waals surface area contributed by atoms with Gasteiger partial charge in [-0.05, 0) is 25.3 Å². The van der Waals surface area contributed by atoms with E-state index in [2.05, 4.69) is 11.8 Å². The van der Waals surface area contributed by atoms with E-state index in [-0.39, 0.29) is 0 Å². The molecule has 1 fully saturated rings. The van der Waals surface area contributed by atoms with Gasteiger partial charge in [0.25, 0.3) is 0 Å². The molecule has 1 atom stereocenters. The number of nitrogens with zero attached hydrogens (tertiary/aromatic N) is 1. The van der Waals surface area contributed by atoms with Crippen LogP contribution in [0.4, 0.5) is 0 Å². The van der Waals surface area contributed by atoms with Crippen LogP contribution in [0.2, 0.25) is 0 Å². The van der Waals surface area contributed by atoms with Crippen LogP contribution in [0.1, 0.15) is 45.4 Å². The van der Waals surface area contributed by atoms with Crippen molar-refractivity contribution in [3.8, 4) is 0 Å². The highest BCUT2D eigenvalue weighted by Gasteiger charge is 2.25. The second kappa shape index (κ2) is 8.90. The van der Waals surface area contributed by atoms with Crippen LogP contribution >= 0.6 is 0 Å². The summed E-state index contributed by atoms with van der Waals surface area (Å²) in [5, 5.41) is 0. The Morgan fingerprint density at radius 1 is 1.24 bits per heavy atom. The zero-order chi connectivity index (χ0) is 12.5. The number of ether oxygens (including phenoxy) is 1. The molecule has 0 aliphatic heterocycles. The van der Waals surface area contributed by atoms with Crippen molar-refractivity contribution < 1.29 is 4.74 Å². The highest BCUT2D eigenvalue weighted by atomic mass is 16.5. The first-order chi connectivity index (χ1) is 8.33. The number of hydrogen-bond donors (Lipinski definition) is 1. The predicted octanol–water partition coefficient (Wildman–Crippen LogP) is 2.25. The zero-order valence-corrected chi connectivity index (χ0v) is 11.7. The second-order valence-corrected chi connectivity index (χ2v) is 5.18. The molecule has 17 heavy (non-hydrogen) atoms. The third kappa shape index (κ3) is 4.94. The molecule has 0 saturated heterocycles. The molecule has 1 saturated carbocycles. The molecule has 1 aliphatic carbocycles. The Morgan fingerprint density at radius 3 is 2.35 bits per heavy atom. The maximum Gasteiger partial charge on any atom is 0.0589 e. The number of hydrogen-bond acceptors (Lipinski definition) is 3. The van der Waals surface area contributed by atoms with Crippen molar-refractivity contribution in [2.75, 3.05) is 33.4 Å².